The van der Waals surface area contributed by atoms with Gasteiger partial charge in [0, 0.05) is 29.5 Å². The summed E-state index contributed by atoms with van der Waals surface area (Å²) in [5.74, 6) is 0.0823. The van der Waals surface area contributed by atoms with E-state index < -0.39 is 41.8 Å². The van der Waals surface area contributed by atoms with Gasteiger partial charge in [-0.25, -0.2) is 14.6 Å². The quantitative estimate of drug-likeness (QED) is 0.283. The Hall–Kier alpha value is -4.60. The van der Waals surface area contributed by atoms with Crippen LogP contribution in [0.3, 0.4) is 0 Å². The van der Waals surface area contributed by atoms with Crippen LogP contribution in [0.5, 0.6) is 11.5 Å². The molecule has 10 nitrogen and oxygen atoms in total. The fourth-order valence-electron chi connectivity index (χ4n) is 4.78. The number of pyridine rings is 1. The molecule has 0 unspecified atom stereocenters. The van der Waals surface area contributed by atoms with E-state index >= 15 is 0 Å². The zero-order valence-electron chi connectivity index (χ0n) is 24.6. The van der Waals surface area contributed by atoms with Crippen molar-refractivity contribution >= 4 is 28.9 Å². The van der Waals surface area contributed by atoms with E-state index in [0.29, 0.717) is 22.7 Å². The Morgan fingerprint density at radius 2 is 1.86 bits per heavy atom. The summed E-state index contributed by atoms with van der Waals surface area (Å²) in [6, 6.07) is 15.2. The van der Waals surface area contributed by atoms with Gasteiger partial charge < -0.3 is 24.3 Å². The summed E-state index contributed by atoms with van der Waals surface area (Å²) in [5.41, 5.74) is 1.50. The van der Waals surface area contributed by atoms with Gasteiger partial charge in [-0.1, -0.05) is 36.4 Å². The molecule has 42 heavy (non-hydrogen) atoms. The number of carbonyl (C=O) groups excluding carboxylic acids is 3. The van der Waals surface area contributed by atoms with Crippen molar-refractivity contribution < 1.29 is 33.3 Å². The molecule has 3 aromatic rings. The van der Waals surface area contributed by atoms with Crippen molar-refractivity contribution in [3.63, 3.8) is 0 Å². The van der Waals surface area contributed by atoms with Crippen LogP contribution in [0.4, 0.5) is 4.79 Å². The molecule has 1 aliphatic rings. The molecule has 1 saturated heterocycles. The average Bonchev–Trinajstić information content (AvgIpc) is 3.40. The molecule has 0 radical (unpaired) electrons. The Balaban J connectivity index is 1.67. The summed E-state index contributed by atoms with van der Waals surface area (Å²) in [4.78, 5) is 45.1. The van der Waals surface area contributed by atoms with Gasteiger partial charge in [-0.3, -0.25) is 9.69 Å². The van der Waals surface area contributed by atoms with Crippen molar-refractivity contribution in [2.45, 2.75) is 57.4 Å². The topological polar surface area (TPSA) is 116 Å². The highest BCUT2D eigenvalue weighted by Gasteiger charge is 2.43. The third kappa shape index (κ3) is 7.18. The molecule has 4 rings (SSSR count). The van der Waals surface area contributed by atoms with Crippen molar-refractivity contribution in [1.29, 1.82) is 0 Å². The van der Waals surface area contributed by atoms with Crippen LogP contribution < -0.4 is 14.8 Å². The van der Waals surface area contributed by atoms with E-state index in [-0.39, 0.29) is 19.4 Å². The molecule has 0 bridgehead atoms. The number of fused-ring (bicyclic) bond motifs is 1. The van der Waals surface area contributed by atoms with Crippen LogP contribution in [-0.4, -0.2) is 72.4 Å². The predicted octanol–water partition coefficient (Wildman–Crippen LogP) is 4.90. The van der Waals surface area contributed by atoms with Crippen LogP contribution >= 0.6 is 0 Å². The Kier molecular flexibility index (Phi) is 9.35. The number of rotatable bonds is 9. The number of nitrogens with zero attached hydrogens (tertiary/aromatic N) is 2. The van der Waals surface area contributed by atoms with E-state index in [4.69, 9.17) is 23.9 Å². The highest BCUT2D eigenvalue weighted by atomic mass is 16.6. The van der Waals surface area contributed by atoms with Crippen LogP contribution in [0, 0.1) is 0 Å². The number of benzene rings is 2. The summed E-state index contributed by atoms with van der Waals surface area (Å²) in [6.45, 7) is 9.01. The molecule has 3 atom stereocenters. The molecule has 0 spiro atoms. The van der Waals surface area contributed by atoms with Gasteiger partial charge in [-0.05, 0) is 39.3 Å². The van der Waals surface area contributed by atoms with Gasteiger partial charge in [0.15, 0.2) is 0 Å². The van der Waals surface area contributed by atoms with Gasteiger partial charge >= 0.3 is 12.1 Å². The SMILES string of the molecule is C=CC[C@@H](NC(=O)[C@@H]1C[C@@H](Oc2cc(-c3ccccc3)nc3cc(OC)ccc23)CN1C(=O)OC(C)(C)C)C(=O)OC. The summed E-state index contributed by atoms with van der Waals surface area (Å²) in [7, 11) is 2.84. The lowest BCUT2D eigenvalue weighted by atomic mass is 10.1. The third-order valence-electron chi connectivity index (χ3n) is 6.74. The number of nitrogens with one attached hydrogen (secondary N) is 1. The van der Waals surface area contributed by atoms with Crippen molar-refractivity contribution in [1.82, 2.24) is 15.2 Å². The fraction of sp³-hybridized carbons (Fsp3) is 0.375. The smallest absolute Gasteiger partial charge is 0.411 e. The summed E-state index contributed by atoms with van der Waals surface area (Å²) in [6.07, 6.45) is 0.656. The average molecular weight is 576 g/mol. The Morgan fingerprint density at radius 3 is 2.50 bits per heavy atom. The Labute approximate surface area is 245 Å². The molecule has 2 amide bonds. The highest BCUT2D eigenvalue weighted by Crippen LogP contribution is 2.34. The number of likely N-dealkylation sites (tertiary alicyclic amines) is 1. The maximum absolute atomic E-state index is 13.5. The second-order valence-electron chi connectivity index (χ2n) is 11.0. The first-order valence-corrected chi connectivity index (χ1v) is 13.7. The zero-order chi connectivity index (χ0) is 30.4. The van der Waals surface area contributed by atoms with Crippen LogP contribution in [0.15, 0.2) is 67.3 Å². The standard InChI is InChI=1S/C32H37N3O7/c1-7-11-24(30(37)40-6)34-29(36)27-17-22(19-35(27)31(38)42-32(2,3)4)41-28-18-25(20-12-9-8-10-13-20)33-26-16-21(39-5)14-15-23(26)28/h7-10,12-16,18,22,24,27H,1,11,17,19H2,2-6H3,(H,34,36)/t22-,24-,27+/m1/s1. The van der Waals surface area contributed by atoms with E-state index in [1.165, 1.54) is 18.1 Å². The number of esters is 1. The normalized spacial score (nSPS) is 17.3. The molecule has 1 aliphatic heterocycles. The zero-order valence-corrected chi connectivity index (χ0v) is 24.6. The Morgan fingerprint density at radius 1 is 1.12 bits per heavy atom. The highest BCUT2D eigenvalue weighted by molar-refractivity contribution is 5.91. The first-order valence-electron chi connectivity index (χ1n) is 13.7. The molecule has 222 valence electrons. The number of carbonyl (C=O) groups is 3. The molecule has 1 aromatic heterocycles. The molecule has 2 aromatic carbocycles. The van der Waals surface area contributed by atoms with E-state index in [0.717, 1.165) is 10.9 Å². The third-order valence-corrected chi connectivity index (χ3v) is 6.74. The van der Waals surface area contributed by atoms with Gasteiger partial charge in [0.25, 0.3) is 0 Å². The number of hydrogen-bond acceptors (Lipinski definition) is 8. The lowest BCUT2D eigenvalue weighted by Crippen LogP contribution is -2.51. The number of amides is 2. The van der Waals surface area contributed by atoms with E-state index in [1.54, 1.807) is 27.9 Å². The van der Waals surface area contributed by atoms with Crippen molar-refractivity contribution in [3.8, 4) is 22.8 Å². The molecule has 10 heteroatoms. The van der Waals surface area contributed by atoms with E-state index in [9.17, 15) is 14.4 Å². The minimum atomic E-state index is -0.941. The van der Waals surface area contributed by atoms with Gasteiger partial charge in [0.05, 0.1) is 32.0 Å². The van der Waals surface area contributed by atoms with Gasteiger partial charge in [0.2, 0.25) is 5.91 Å². The largest absolute Gasteiger partial charge is 0.497 e. The summed E-state index contributed by atoms with van der Waals surface area (Å²) < 4.78 is 22.4. The molecule has 1 fully saturated rings. The second-order valence-corrected chi connectivity index (χ2v) is 11.0. The first kappa shape index (κ1) is 30.4. The van der Waals surface area contributed by atoms with Gasteiger partial charge in [-0.2, -0.15) is 0 Å². The number of methoxy groups -OCH3 is 2. The number of hydrogen-bond donors (Lipinski definition) is 1. The maximum atomic E-state index is 13.5. The molecule has 0 saturated carbocycles. The molecular formula is C32H37N3O7. The molecule has 2 heterocycles. The minimum absolute atomic E-state index is 0.0952. The molecule has 1 N–H and O–H groups in total. The van der Waals surface area contributed by atoms with Crippen LogP contribution in [0.1, 0.15) is 33.6 Å². The fourth-order valence-corrected chi connectivity index (χ4v) is 4.78. The number of aromatic nitrogens is 1. The monoisotopic (exact) mass is 575 g/mol. The Bertz CT molecular complexity index is 1450. The van der Waals surface area contributed by atoms with Crippen LogP contribution in [0.25, 0.3) is 22.2 Å². The summed E-state index contributed by atoms with van der Waals surface area (Å²) in [5, 5.41) is 3.46. The van der Waals surface area contributed by atoms with Gasteiger partial charge in [0.1, 0.15) is 35.3 Å². The van der Waals surface area contributed by atoms with Crippen molar-refractivity contribution in [3.05, 3.63) is 67.3 Å². The number of ether oxygens (including phenoxy) is 4. The first-order chi connectivity index (χ1) is 20.0. The van der Waals surface area contributed by atoms with Crippen molar-refractivity contribution in [2.75, 3.05) is 20.8 Å². The van der Waals surface area contributed by atoms with Crippen LogP contribution in [-0.2, 0) is 19.1 Å². The van der Waals surface area contributed by atoms with E-state index in [1.807, 2.05) is 54.6 Å². The lowest BCUT2D eigenvalue weighted by molar-refractivity contribution is -0.145. The van der Waals surface area contributed by atoms with Crippen LogP contribution in [0.2, 0.25) is 0 Å². The molecular weight excluding hydrogens is 538 g/mol. The molecule has 0 aliphatic carbocycles. The predicted molar refractivity (Wildman–Crippen MR) is 158 cm³/mol. The van der Waals surface area contributed by atoms with E-state index in [2.05, 4.69) is 11.9 Å². The maximum Gasteiger partial charge on any atom is 0.411 e. The van der Waals surface area contributed by atoms with Gasteiger partial charge in [-0.15, -0.1) is 6.58 Å². The van der Waals surface area contributed by atoms with Crippen molar-refractivity contribution in [2.24, 2.45) is 0 Å². The lowest BCUT2D eigenvalue weighted by Gasteiger charge is -2.28. The second kappa shape index (κ2) is 12.9. The minimum Gasteiger partial charge on any atom is -0.497 e. The summed E-state index contributed by atoms with van der Waals surface area (Å²) >= 11 is 0.